The molecule has 8 nitrogen and oxygen atoms in total. The van der Waals surface area contributed by atoms with Crippen molar-refractivity contribution in [1.29, 1.82) is 0 Å². The van der Waals surface area contributed by atoms with Gasteiger partial charge in [0, 0.05) is 66.8 Å². The van der Waals surface area contributed by atoms with Gasteiger partial charge in [0.05, 0.1) is 11.7 Å². The van der Waals surface area contributed by atoms with Gasteiger partial charge in [-0.1, -0.05) is 12.1 Å². The van der Waals surface area contributed by atoms with Crippen molar-refractivity contribution in [2.75, 3.05) is 24.5 Å². The first-order valence-corrected chi connectivity index (χ1v) is 12.1. The maximum atomic E-state index is 13.8. The van der Waals surface area contributed by atoms with Gasteiger partial charge in [-0.3, -0.25) is 9.78 Å². The van der Waals surface area contributed by atoms with E-state index in [4.69, 9.17) is 15.8 Å². The second kappa shape index (κ2) is 8.36. The fraction of sp³-hybridized carbons (Fsp3) is 0.385. The summed E-state index contributed by atoms with van der Waals surface area (Å²) in [5, 5.41) is 6.79. The van der Waals surface area contributed by atoms with E-state index in [9.17, 15) is 4.79 Å². The molecular formula is C26H29N7O. The Bertz CT molecular complexity index is 1380. The first-order chi connectivity index (χ1) is 16.6. The van der Waals surface area contributed by atoms with E-state index in [1.54, 1.807) is 12.4 Å². The Morgan fingerprint density at radius 2 is 2.06 bits per heavy atom. The van der Waals surface area contributed by atoms with Crippen molar-refractivity contribution in [1.82, 2.24) is 24.5 Å². The van der Waals surface area contributed by atoms with Gasteiger partial charge in [-0.2, -0.15) is 5.10 Å². The number of anilines is 1. The van der Waals surface area contributed by atoms with Crippen LogP contribution in [0.15, 0.2) is 48.9 Å². The lowest BCUT2D eigenvalue weighted by Gasteiger charge is -2.35. The lowest BCUT2D eigenvalue weighted by Crippen LogP contribution is -2.38. The van der Waals surface area contributed by atoms with Crippen molar-refractivity contribution in [3.05, 3.63) is 65.7 Å². The summed E-state index contributed by atoms with van der Waals surface area (Å²) in [6.07, 6.45) is 9.53. The number of amides is 1. The van der Waals surface area contributed by atoms with E-state index in [0.29, 0.717) is 5.56 Å². The largest absolute Gasteiger partial charge is 0.355 e. The molecule has 0 spiro atoms. The summed E-state index contributed by atoms with van der Waals surface area (Å²) in [6.45, 7) is 4.54. The average Bonchev–Trinajstić information content (AvgIpc) is 3.48. The SMILES string of the molecule is Cc1cn2nc(C3CCCCN3C(=O)c3cccc4ccncc34)cc2nc1N1CCC(N)C1. The van der Waals surface area contributed by atoms with E-state index >= 15 is 0 Å². The summed E-state index contributed by atoms with van der Waals surface area (Å²) >= 11 is 0. The van der Waals surface area contributed by atoms with Gasteiger partial charge in [0.25, 0.3) is 5.91 Å². The fourth-order valence-electron chi connectivity index (χ4n) is 5.42. The van der Waals surface area contributed by atoms with Crippen LogP contribution in [-0.4, -0.2) is 56.1 Å². The molecule has 2 aliphatic rings. The molecule has 2 saturated heterocycles. The number of piperidine rings is 1. The molecule has 0 bridgehead atoms. The van der Waals surface area contributed by atoms with Crippen molar-refractivity contribution in [3.8, 4) is 0 Å². The van der Waals surface area contributed by atoms with Crippen LogP contribution in [0.1, 0.15) is 53.3 Å². The highest BCUT2D eigenvalue weighted by molar-refractivity contribution is 6.06. The van der Waals surface area contributed by atoms with Crippen LogP contribution in [0.2, 0.25) is 0 Å². The molecule has 2 aliphatic heterocycles. The zero-order valence-corrected chi connectivity index (χ0v) is 19.4. The van der Waals surface area contributed by atoms with Gasteiger partial charge in [0.15, 0.2) is 5.65 Å². The molecule has 1 amide bonds. The Morgan fingerprint density at radius 3 is 2.91 bits per heavy atom. The number of nitrogens with two attached hydrogens (primary N) is 1. The van der Waals surface area contributed by atoms with Gasteiger partial charge in [-0.05, 0) is 50.1 Å². The molecule has 8 heteroatoms. The smallest absolute Gasteiger partial charge is 0.255 e. The number of hydrogen-bond donors (Lipinski definition) is 1. The number of nitrogens with zero attached hydrogens (tertiary/aromatic N) is 6. The van der Waals surface area contributed by atoms with Crippen LogP contribution in [0.3, 0.4) is 0 Å². The Morgan fingerprint density at radius 1 is 1.15 bits per heavy atom. The molecule has 2 unspecified atom stereocenters. The Balaban J connectivity index is 1.35. The van der Waals surface area contributed by atoms with E-state index < -0.39 is 0 Å². The van der Waals surface area contributed by atoms with Gasteiger partial charge >= 0.3 is 0 Å². The van der Waals surface area contributed by atoms with E-state index in [-0.39, 0.29) is 18.0 Å². The molecule has 2 atom stereocenters. The van der Waals surface area contributed by atoms with Crippen LogP contribution in [0.4, 0.5) is 5.82 Å². The molecular weight excluding hydrogens is 426 g/mol. The minimum absolute atomic E-state index is 0.0382. The highest BCUT2D eigenvalue weighted by atomic mass is 16.2. The number of carbonyl (C=O) groups excluding carboxylic acids is 1. The molecule has 174 valence electrons. The first-order valence-electron chi connectivity index (χ1n) is 12.1. The zero-order chi connectivity index (χ0) is 23.2. The maximum Gasteiger partial charge on any atom is 0.255 e. The Labute approximate surface area is 198 Å². The lowest BCUT2D eigenvalue weighted by molar-refractivity contribution is 0.0608. The van der Waals surface area contributed by atoms with Crippen molar-refractivity contribution in [3.63, 3.8) is 0 Å². The summed E-state index contributed by atoms with van der Waals surface area (Å²) in [7, 11) is 0. The van der Waals surface area contributed by atoms with Crippen LogP contribution < -0.4 is 10.6 Å². The fourth-order valence-corrected chi connectivity index (χ4v) is 5.42. The number of carbonyl (C=O) groups is 1. The standard InChI is InChI=1S/C26H29N7O/c1-17-15-33-24(29-25(17)31-12-9-19(27)16-31)13-22(30-33)23-7-2-3-11-32(23)26(34)20-6-4-5-18-8-10-28-14-21(18)20/h4-6,8,10,13-15,19,23H,2-3,7,9,11-12,16,27H2,1H3. The number of aryl methyl sites for hydroxylation is 1. The van der Waals surface area contributed by atoms with Gasteiger partial charge in [0.1, 0.15) is 5.82 Å². The molecule has 2 N–H and O–H groups in total. The minimum Gasteiger partial charge on any atom is -0.355 e. The lowest BCUT2D eigenvalue weighted by atomic mass is 9.97. The number of fused-ring (bicyclic) bond motifs is 2. The predicted octanol–water partition coefficient (Wildman–Crippen LogP) is 3.49. The number of rotatable bonds is 3. The Kier molecular flexibility index (Phi) is 5.17. The second-order valence-corrected chi connectivity index (χ2v) is 9.53. The van der Waals surface area contributed by atoms with Gasteiger partial charge in [-0.25, -0.2) is 9.50 Å². The number of pyridine rings is 1. The average molecular weight is 456 g/mol. The van der Waals surface area contributed by atoms with Gasteiger partial charge in [0.2, 0.25) is 0 Å². The second-order valence-electron chi connectivity index (χ2n) is 9.53. The molecule has 4 aromatic rings. The van der Waals surface area contributed by atoms with Gasteiger partial charge < -0.3 is 15.5 Å². The van der Waals surface area contributed by atoms with Crippen LogP contribution in [0, 0.1) is 6.92 Å². The highest BCUT2D eigenvalue weighted by Gasteiger charge is 2.32. The Hall–Kier alpha value is -3.52. The monoisotopic (exact) mass is 455 g/mol. The van der Waals surface area contributed by atoms with Crippen molar-refractivity contribution < 1.29 is 4.79 Å². The third-order valence-electron chi connectivity index (χ3n) is 7.17. The summed E-state index contributed by atoms with van der Waals surface area (Å²) in [5.74, 6) is 1.02. The predicted molar refractivity (Wildman–Crippen MR) is 132 cm³/mol. The first kappa shape index (κ1) is 21.0. The van der Waals surface area contributed by atoms with E-state index in [1.807, 2.05) is 45.9 Å². The van der Waals surface area contributed by atoms with Crippen LogP contribution in [0.5, 0.6) is 0 Å². The van der Waals surface area contributed by atoms with Gasteiger partial charge in [-0.15, -0.1) is 0 Å². The van der Waals surface area contributed by atoms with Crippen LogP contribution >= 0.6 is 0 Å². The molecule has 6 rings (SSSR count). The van der Waals surface area contributed by atoms with E-state index in [1.165, 1.54) is 0 Å². The summed E-state index contributed by atoms with van der Waals surface area (Å²) in [4.78, 5) is 27.2. The molecule has 0 radical (unpaired) electrons. The normalized spacial score (nSPS) is 21.0. The summed E-state index contributed by atoms with van der Waals surface area (Å²) < 4.78 is 1.85. The van der Waals surface area contributed by atoms with E-state index in [0.717, 1.165) is 78.8 Å². The highest BCUT2D eigenvalue weighted by Crippen LogP contribution is 2.33. The summed E-state index contributed by atoms with van der Waals surface area (Å²) in [5.41, 5.74) is 9.61. The van der Waals surface area contributed by atoms with Crippen LogP contribution in [-0.2, 0) is 0 Å². The number of hydrogen-bond acceptors (Lipinski definition) is 6. The third kappa shape index (κ3) is 3.58. The minimum atomic E-state index is -0.0705. The van der Waals surface area contributed by atoms with Crippen molar-refractivity contribution in [2.45, 2.75) is 44.7 Å². The molecule has 3 aromatic heterocycles. The third-order valence-corrected chi connectivity index (χ3v) is 7.17. The quantitative estimate of drug-likeness (QED) is 0.508. The van der Waals surface area contributed by atoms with Crippen molar-refractivity contribution in [2.24, 2.45) is 5.73 Å². The molecule has 5 heterocycles. The maximum absolute atomic E-state index is 13.8. The molecule has 0 aliphatic carbocycles. The summed E-state index contributed by atoms with van der Waals surface area (Å²) in [6, 6.07) is 9.98. The molecule has 34 heavy (non-hydrogen) atoms. The van der Waals surface area contributed by atoms with Crippen LogP contribution in [0.25, 0.3) is 16.4 Å². The topological polar surface area (TPSA) is 92.6 Å². The molecule has 0 saturated carbocycles. The zero-order valence-electron chi connectivity index (χ0n) is 19.4. The molecule has 2 fully saturated rings. The molecule has 1 aromatic carbocycles. The number of benzene rings is 1. The number of likely N-dealkylation sites (tertiary alicyclic amines) is 1. The van der Waals surface area contributed by atoms with Crippen molar-refractivity contribution >= 4 is 28.1 Å². The number of aromatic nitrogens is 4. The van der Waals surface area contributed by atoms with E-state index in [2.05, 4.69) is 16.8 Å².